The van der Waals surface area contributed by atoms with Gasteiger partial charge in [-0.3, -0.25) is 9.59 Å². The Morgan fingerprint density at radius 2 is 2.16 bits per heavy atom. The summed E-state index contributed by atoms with van der Waals surface area (Å²) in [5, 5.41) is 0. The molecule has 2 saturated heterocycles. The van der Waals surface area contributed by atoms with Crippen molar-refractivity contribution in [2.75, 3.05) is 13.2 Å². The van der Waals surface area contributed by atoms with Crippen LogP contribution >= 0.6 is 0 Å². The Morgan fingerprint density at radius 1 is 1.36 bits per heavy atom. The van der Waals surface area contributed by atoms with Crippen LogP contribution in [0.3, 0.4) is 0 Å². The van der Waals surface area contributed by atoms with Crippen molar-refractivity contribution in [1.29, 1.82) is 0 Å². The first-order valence-corrected chi connectivity index (χ1v) is 9.01. The van der Waals surface area contributed by atoms with Crippen LogP contribution in [0.4, 0.5) is 0 Å². The monoisotopic (exact) mass is 341 g/mol. The molecule has 3 aliphatic rings. The zero-order valence-electron chi connectivity index (χ0n) is 14.4. The van der Waals surface area contributed by atoms with E-state index >= 15 is 0 Å². The Balaban J connectivity index is 1.52. The van der Waals surface area contributed by atoms with Crippen LogP contribution in [0.15, 0.2) is 42.5 Å². The van der Waals surface area contributed by atoms with E-state index in [-0.39, 0.29) is 18.0 Å². The summed E-state index contributed by atoms with van der Waals surface area (Å²) in [6.07, 6.45) is 5.36. The van der Waals surface area contributed by atoms with Gasteiger partial charge in [0, 0.05) is 6.54 Å². The van der Waals surface area contributed by atoms with Gasteiger partial charge in [0.2, 0.25) is 5.91 Å². The van der Waals surface area contributed by atoms with Gasteiger partial charge in [-0.05, 0) is 12.0 Å². The van der Waals surface area contributed by atoms with E-state index in [1.807, 2.05) is 49.4 Å². The second kappa shape index (κ2) is 6.30. The molecule has 1 aromatic carbocycles. The molecule has 4 rings (SSSR count). The lowest BCUT2D eigenvalue weighted by Crippen LogP contribution is -2.40. The number of ether oxygens (including phenoxy) is 2. The third-order valence-corrected chi connectivity index (χ3v) is 5.41. The lowest BCUT2D eigenvalue weighted by molar-refractivity contribution is -0.154. The first-order valence-electron chi connectivity index (χ1n) is 9.01. The summed E-state index contributed by atoms with van der Waals surface area (Å²) in [5.41, 5.74) is 0.415. The van der Waals surface area contributed by atoms with E-state index in [1.54, 1.807) is 4.90 Å². The average molecular weight is 341 g/mol. The van der Waals surface area contributed by atoms with Crippen molar-refractivity contribution in [3.05, 3.63) is 48.0 Å². The number of fused-ring (bicyclic) bond motifs is 1. The summed E-state index contributed by atoms with van der Waals surface area (Å²) in [7, 11) is 0. The number of amides is 1. The first kappa shape index (κ1) is 16.3. The zero-order valence-corrected chi connectivity index (χ0v) is 14.4. The number of rotatable bonds is 6. The van der Waals surface area contributed by atoms with E-state index in [9.17, 15) is 9.59 Å². The normalized spacial score (nSPS) is 32.3. The molecule has 3 heterocycles. The molecule has 4 atom stereocenters. The summed E-state index contributed by atoms with van der Waals surface area (Å²) in [6, 6.07) is 9.89. The zero-order chi connectivity index (χ0) is 17.4. The molecule has 0 unspecified atom stereocenters. The van der Waals surface area contributed by atoms with Gasteiger partial charge in [0.05, 0.1) is 25.2 Å². The van der Waals surface area contributed by atoms with Crippen molar-refractivity contribution in [3.8, 4) is 0 Å². The summed E-state index contributed by atoms with van der Waals surface area (Å²) in [5.74, 6) is -1.28. The number of esters is 1. The van der Waals surface area contributed by atoms with Gasteiger partial charge < -0.3 is 14.4 Å². The molecule has 0 saturated carbocycles. The first-order chi connectivity index (χ1) is 12.1. The average Bonchev–Trinajstić information content (AvgIpc) is 3.25. The SMILES string of the molecule is CCCCOC(=O)[C@@H]1[C@@H]2C=C[C@]3(CN(Cc4ccccc4)C(=O)[C@H]13)O2. The van der Waals surface area contributed by atoms with Crippen LogP contribution in [-0.4, -0.2) is 41.6 Å². The van der Waals surface area contributed by atoms with Gasteiger partial charge in [-0.25, -0.2) is 0 Å². The van der Waals surface area contributed by atoms with Crippen molar-refractivity contribution >= 4 is 11.9 Å². The Bertz CT molecular complexity index is 701. The summed E-state index contributed by atoms with van der Waals surface area (Å²) < 4.78 is 11.5. The van der Waals surface area contributed by atoms with Crippen molar-refractivity contribution in [2.24, 2.45) is 11.8 Å². The van der Waals surface area contributed by atoms with Crippen LogP contribution in [0, 0.1) is 11.8 Å². The fourth-order valence-electron chi connectivity index (χ4n) is 4.20. The fourth-order valence-corrected chi connectivity index (χ4v) is 4.20. The largest absolute Gasteiger partial charge is 0.465 e. The number of carbonyl (C=O) groups is 2. The quantitative estimate of drug-likeness (QED) is 0.453. The Hall–Kier alpha value is -2.14. The molecule has 3 aliphatic heterocycles. The third kappa shape index (κ3) is 2.67. The van der Waals surface area contributed by atoms with Crippen molar-refractivity contribution in [1.82, 2.24) is 4.90 Å². The van der Waals surface area contributed by atoms with Gasteiger partial charge in [0.25, 0.3) is 0 Å². The van der Waals surface area contributed by atoms with E-state index in [0.29, 0.717) is 19.7 Å². The van der Waals surface area contributed by atoms with E-state index in [2.05, 4.69) is 0 Å². The van der Waals surface area contributed by atoms with Crippen LogP contribution in [0.25, 0.3) is 0 Å². The van der Waals surface area contributed by atoms with E-state index in [1.165, 1.54) is 0 Å². The van der Waals surface area contributed by atoms with Gasteiger partial charge in [-0.1, -0.05) is 55.8 Å². The second-order valence-corrected chi connectivity index (χ2v) is 7.10. The molecule has 2 fully saturated rings. The van der Waals surface area contributed by atoms with Crippen LogP contribution in [0.2, 0.25) is 0 Å². The minimum atomic E-state index is -0.662. The maximum atomic E-state index is 13.0. The molecule has 0 aliphatic carbocycles. The van der Waals surface area contributed by atoms with Crippen LogP contribution in [-0.2, 0) is 25.6 Å². The van der Waals surface area contributed by atoms with E-state index in [4.69, 9.17) is 9.47 Å². The minimum Gasteiger partial charge on any atom is -0.465 e. The maximum Gasteiger partial charge on any atom is 0.312 e. The number of hydrogen-bond acceptors (Lipinski definition) is 4. The standard InChI is InChI=1S/C20H23NO4/c1-2-3-11-24-19(23)16-15-9-10-20(25-15)13-21(18(22)17(16)20)12-14-7-5-4-6-8-14/h4-10,15-17H,2-3,11-13H2,1H3/t15-,16+,17-,20+/m0/s1. The van der Waals surface area contributed by atoms with Crippen LogP contribution in [0.5, 0.6) is 0 Å². The minimum absolute atomic E-state index is 0.00635. The number of hydrogen-bond donors (Lipinski definition) is 0. The molecule has 132 valence electrons. The van der Waals surface area contributed by atoms with Gasteiger partial charge in [0.15, 0.2) is 0 Å². The summed E-state index contributed by atoms with van der Waals surface area (Å²) >= 11 is 0. The predicted octanol–water partition coefficient (Wildman–Crippen LogP) is 2.31. The second-order valence-electron chi connectivity index (χ2n) is 7.10. The molecular formula is C20H23NO4. The lowest BCUT2D eigenvalue weighted by Gasteiger charge is -2.22. The summed E-state index contributed by atoms with van der Waals surface area (Å²) in [6.45, 7) is 3.49. The highest BCUT2D eigenvalue weighted by Gasteiger charge is 2.67. The number of unbranched alkanes of at least 4 members (excludes halogenated alkanes) is 1. The molecule has 0 radical (unpaired) electrons. The number of nitrogens with zero attached hydrogens (tertiary/aromatic N) is 1. The van der Waals surface area contributed by atoms with Crippen LogP contribution in [0.1, 0.15) is 25.3 Å². The molecule has 1 spiro atoms. The molecular weight excluding hydrogens is 318 g/mol. The molecule has 1 amide bonds. The molecule has 1 aromatic rings. The Morgan fingerprint density at radius 3 is 2.92 bits per heavy atom. The van der Waals surface area contributed by atoms with Crippen LogP contribution < -0.4 is 0 Å². The van der Waals surface area contributed by atoms with Gasteiger partial charge in [0.1, 0.15) is 11.5 Å². The smallest absolute Gasteiger partial charge is 0.312 e. The van der Waals surface area contributed by atoms with Gasteiger partial charge in [-0.15, -0.1) is 0 Å². The molecule has 0 N–H and O–H groups in total. The highest BCUT2D eigenvalue weighted by molar-refractivity contribution is 5.91. The maximum absolute atomic E-state index is 13.0. The van der Waals surface area contributed by atoms with E-state index in [0.717, 1.165) is 18.4 Å². The van der Waals surface area contributed by atoms with Crippen molar-refractivity contribution < 1.29 is 19.1 Å². The van der Waals surface area contributed by atoms with Crippen molar-refractivity contribution in [3.63, 3.8) is 0 Å². The lowest BCUT2D eigenvalue weighted by atomic mass is 9.77. The van der Waals surface area contributed by atoms with Crippen molar-refractivity contribution in [2.45, 2.75) is 38.0 Å². The third-order valence-electron chi connectivity index (χ3n) is 5.41. The topological polar surface area (TPSA) is 55.8 Å². The number of carbonyl (C=O) groups excluding carboxylic acids is 2. The van der Waals surface area contributed by atoms with Gasteiger partial charge in [-0.2, -0.15) is 0 Å². The highest BCUT2D eigenvalue weighted by atomic mass is 16.6. The Kier molecular flexibility index (Phi) is 4.12. The van der Waals surface area contributed by atoms with E-state index < -0.39 is 17.4 Å². The molecule has 0 aromatic heterocycles. The molecule has 2 bridgehead atoms. The Labute approximate surface area is 147 Å². The predicted molar refractivity (Wildman–Crippen MR) is 91.5 cm³/mol. The summed E-state index contributed by atoms with van der Waals surface area (Å²) in [4.78, 5) is 27.4. The molecule has 5 heteroatoms. The highest BCUT2D eigenvalue weighted by Crippen LogP contribution is 2.52. The number of benzene rings is 1. The molecule has 5 nitrogen and oxygen atoms in total. The van der Waals surface area contributed by atoms with Gasteiger partial charge >= 0.3 is 5.97 Å². The fraction of sp³-hybridized carbons (Fsp3) is 0.500. The number of likely N-dealkylation sites (tertiary alicyclic amines) is 1. The molecule has 25 heavy (non-hydrogen) atoms.